The van der Waals surface area contributed by atoms with Crippen LogP contribution < -0.4 is 5.32 Å². The first kappa shape index (κ1) is 13.0. The van der Waals surface area contributed by atoms with Gasteiger partial charge in [0.15, 0.2) is 0 Å². The molecule has 1 fully saturated rings. The van der Waals surface area contributed by atoms with Crippen LogP contribution in [0.15, 0.2) is 0 Å². The van der Waals surface area contributed by atoms with Crippen LogP contribution in [0.25, 0.3) is 0 Å². The minimum Gasteiger partial charge on any atom is -0.382 e. The highest BCUT2D eigenvalue weighted by Crippen LogP contribution is 2.27. The van der Waals surface area contributed by atoms with Crippen molar-refractivity contribution in [2.45, 2.75) is 58.4 Å². The molecule has 1 saturated carbocycles. The molecule has 15 heavy (non-hydrogen) atoms. The Hall–Kier alpha value is -0.0800. The van der Waals surface area contributed by atoms with Crippen molar-refractivity contribution in [2.24, 2.45) is 5.92 Å². The molecule has 2 atom stereocenters. The standard InChI is InChI=1S/C13H27NO/c1-3-14-13-9-5-7-12(11-13)8-6-10-15-4-2/h12-14H,3-11H2,1-2H3. The van der Waals surface area contributed by atoms with Gasteiger partial charge in [0.1, 0.15) is 0 Å². The maximum atomic E-state index is 5.38. The van der Waals surface area contributed by atoms with E-state index in [1.165, 1.54) is 38.5 Å². The van der Waals surface area contributed by atoms with Gasteiger partial charge in [-0.2, -0.15) is 0 Å². The molecule has 0 radical (unpaired) electrons. The molecule has 0 spiro atoms. The second-order valence-corrected chi connectivity index (χ2v) is 4.63. The van der Waals surface area contributed by atoms with Gasteiger partial charge in [-0.05, 0) is 45.1 Å². The summed E-state index contributed by atoms with van der Waals surface area (Å²) >= 11 is 0. The van der Waals surface area contributed by atoms with E-state index in [9.17, 15) is 0 Å². The third-order valence-electron chi connectivity index (χ3n) is 3.38. The Bertz CT molecular complexity index is 147. The summed E-state index contributed by atoms with van der Waals surface area (Å²) in [5.41, 5.74) is 0. The van der Waals surface area contributed by atoms with E-state index >= 15 is 0 Å². The fourth-order valence-electron chi connectivity index (χ4n) is 2.65. The van der Waals surface area contributed by atoms with Gasteiger partial charge >= 0.3 is 0 Å². The number of ether oxygens (including phenoxy) is 1. The molecule has 90 valence electrons. The predicted molar refractivity (Wildman–Crippen MR) is 65.1 cm³/mol. The molecule has 1 aliphatic carbocycles. The SMILES string of the molecule is CCNC1CCCC(CCCOCC)C1. The minimum atomic E-state index is 0.792. The van der Waals surface area contributed by atoms with Crippen molar-refractivity contribution in [1.29, 1.82) is 0 Å². The first-order valence-electron chi connectivity index (χ1n) is 6.68. The van der Waals surface area contributed by atoms with Gasteiger partial charge in [0, 0.05) is 19.3 Å². The molecule has 0 saturated heterocycles. The van der Waals surface area contributed by atoms with Crippen LogP contribution in [0.1, 0.15) is 52.4 Å². The lowest BCUT2D eigenvalue weighted by Crippen LogP contribution is -2.33. The molecular formula is C13H27NO. The van der Waals surface area contributed by atoms with Gasteiger partial charge in [-0.1, -0.05) is 19.8 Å². The minimum absolute atomic E-state index is 0.792. The molecule has 0 aromatic carbocycles. The molecule has 0 aromatic heterocycles. The van der Waals surface area contributed by atoms with Crippen LogP contribution in [0.3, 0.4) is 0 Å². The molecule has 1 aliphatic rings. The summed E-state index contributed by atoms with van der Waals surface area (Å²) in [6.07, 6.45) is 8.24. The Morgan fingerprint density at radius 1 is 1.27 bits per heavy atom. The summed E-state index contributed by atoms with van der Waals surface area (Å²) in [6.45, 7) is 7.22. The largest absolute Gasteiger partial charge is 0.382 e. The zero-order valence-corrected chi connectivity index (χ0v) is 10.4. The Morgan fingerprint density at radius 2 is 2.13 bits per heavy atom. The van der Waals surface area contributed by atoms with E-state index in [-0.39, 0.29) is 0 Å². The molecule has 0 bridgehead atoms. The summed E-state index contributed by atoms with van der Waals surface area (Å²) in [6, 6.07) is 0.792. The van der Waals surface area contributed by atoms with Crippen molar-refractivity contribution in [3.8, 4) is 0 Å². The molecule has 1 rings (SSSR count). The zero-order valence-electron chi connectivity index (χ0n) is 10.4. The fourth-order valence-corrected chi connectivity index (χ4v) is 2.65. The van der Waals surface area contributed by atoms with Crippen LogP contribution in [-0.4, -0.2) is 25.8 Å². The van der Waals surface area contributed by atoms with Gasteiger partial charge in [0.25, 0.3) is 0 Å². The Kier molecular flexibility index (Phi) is 7.03. The highest BCUT2D eigenvalue weighted by molar-refractivity contribution is 4.77. The van der Waals surface area contributed by atoms with Crippen molar-refractivity contribution < 1.29 is 4.74 Å². The topological polar surface area (TPSA) is 21.3 Å². The van der Waals surface area contributed by atoms with E-state index in [1.807, 2.05) is 0 Å². The lowest BCUT2D eigenvalue weighted by molar-refractivity contribution is 0.135. The maximum absolute atomic E-state index is 5.38. The van der Waals surface area contributed by atoms with E-state index in [2.05, 4.69) is 19.2 Å². The van der Waals surface area contributed by atoms with Crippen molar-refractivity contribution in [3.05, 3.63) is 0 Å². The van der Waals surface area contributed by atoms with Crippen LogP contribution in [0.5, 0.6) is 0 Å². The summed E-state index contributed by atoms with van der Waals surface area (Å²) in [4.78, 5) is 0. The average molecular weight is 213 g/mol. The quantitative estimate of drug-likeness (QED) is 0.656. The van der Waals surface area contributed by atoms with Crippen LogP contribution in [0.2, 0.25) is 0 Å². The second kappa shape index (κ2) is 8.12. The molecular weight excluding hydrogens is 186 g/mol. The summed E-state index contributed by atoms with van der Waals surface area (Å²) in [5.74, 6) is 0.947. The van der Waals surface area contributed by atoms with Crippen LogP contribution in [0, 0.1) is 5.92 Å². The van der Waals surface area contributed by atoms with Crippen molar-refractivity contribution in [2.75, 3.05) is 19.8 Å². The van der Waals surface area contributed by atoms with Gasteiger partial charge in [0.05, 0.1) is 0 Å². The first-order valence-corrected chi connectivity index (χ1v) is 6.68. The normalized spacial score (nSPS) is 26.8. The number of hydrogen-bond donors (Lipinski definition) is 1. The predicted octanol–water partition coefficient (Wildman–Crippen LogP) is 2.97. The Labute approximate surface area is 94.8 Å². The molecule has 2 unspecified atom stereocenters. The maximum Gasteiger partial charge on any atom is 0.0465 e. The molecule has 0 aromatic rings. The van der Waals surface area contributed by atoms with Gasteiger partial charge in [-0.3, -0.25) is 0 Å². The van der Waals surface area contributed by atoms with E-state index in [4.69, 9.17) is 4.74 Å². The lowest BCUT2D eigenvalue weighted by Gasteiger charge is -2.29. The van der Waals surface area contributed by atoms with Crippen molar-refractivity contribution >= 4 is 0 Å². The van der Waals surface area contributed by atoms with Gasteiger partial charge in [-0.15, -0.1) is 0 Å². The number of rotatable bonds is 7. The third-order valence-corrected chi connectivity index (χ3v) is 3.38. The fraction of sp³-hybridized carbons (Fsp3) is 1.00. The smallest absolute Gasteiger partial charge is 0.0465 e. The first-order chi connectivity index (χ1) is 7.36. The Balaban J connectivity index is 2.07. The number of hydrogen-bond acceptors (Lipinski definition) is 2. The van der Waals surface area contributed by atoms with E-state index < -0.39 is 0 Å². The molecule has 1 N–H and O–H groups in total. The van der Waals surface area contributed by atoms with Crippen LogP contribution in [-0.2, 0) is 4.74 Å². The lowest BCUT2D eigenvalue weighted by atomic mass is 9.83. The zero-order chi connectivity index (χ0) is 10.9. The Morgan fingerprint density at radius 3 is 2.87 bits per heavy atom. The third kappa shape index (κ3) is 5.53. The second-order valence-electron chi connectivity index (χ2n) is 4.63. The molecule has 2 heteroatoms. The van der Waals surface area contributed by atoms with Gasteiger partial charge in [0.2, 0.25) is 0 Å². The van der Waals surface area contributed by atoms with Crippen molar-refractivity contribution in [1.82, 2.24) is 5.32 Å². The molecule has 0 heterocycles. The monoisotopic (exact) mass is 213 g/mol. The van der Waals surface area contributed by atoms with E-state index in [0.29, 0.717) is 0 Å². The van der Waals surface area contributed by atoms with Gasteiger partial charge < -0.3 is 10.1 Å². The highest BCUT2D eigenvalue weighted by Gasteiger charge is 2.20. The highest BCUT2D eigenvalue weighted by atomic mass is 16.5. The number of nitrogens with one attached hydrogen (secondary N) is 1. The summed E-state index contributed by atoms with van der Waals surface area (Å²) in [5, 5.41) is 3.58. The molecule has 0 amide bonds. The average Bonchev–Trinajstić information content (AvgIpc) is 2.26. The van der Waals surface area contributed by atoms with Crippen LogP contribution >= 0.6 is 0 Å². The van der Waals surface area contributed by atoms with E-state index in [0.717, 1.165) is 31.7 Å². The summed E-state index contributed by atoms with van der Waals surface area (Å²) < 4.78 is 5.38. The van der Waals surface area contributed by atoms with Crippen LogP contribution in [0.4, 0.5) is 0 Å². The summed E-state index contributed by atoms with van der Waals surface area (Å²) in [7, 11) is 0. The van der Waals surface area contributed by atoms with E-state index in [1.54, 1.807) is 0 Å². The molecule has 2 nitrogen and oxygen atoms in total. The van der Waals surface area contributed by atoms with Crippen molar-refractivity contribution in [3.63, 3.8) is 0 Å². The van der Waals surface area contributed by atoms with Gasteiger partial charge in [-0.25, -0.2) is 0 Å². The molecule has 0 aliphatic heterocycles.